The predicted molar refractivity (Wildman–Crippen MR) is 148 cm³/mol. The van der Waals surface area contributed by atoms with Crippen molar-refractivity contribution in [3.8, 4) is 17.1 Å². The van der Waals surface area contributed by atoms with Crippen LogP contribution in [-0.4, -0.2) is 76.1 Å². The van der Waals surface area contributed by atoms with Crippen LogP contribution < -0.4 is 10.3 Å². The Morgan fingerprint density at radius 1 is 1.03 bits per heavy atom. The zero-order valence-electron chi connectivity index (χ0n) is 23.6. The van der Waals surface area contributed by atoms with Gasteiger partial charge < -0.3 is 9.64 Å². The summed E-state index contributed by atoms with van der Waals surface area (Å²) in [7, 11) is -3.75. The summed E-state index contributed by atoms with van der Waals surface area (Å²) >= 11 is 0. The molecule has 0 radical (unpaired) electrons. The third kappa shape index (κ3) is 5.11. The van der Waals surface area contributed by atoms with Gasteiger partial charge in [-0.25, -0.2) is 17.9 Å². The van der Waals surface area contributed by atoms with Crippen molar-refractivity contribution in [3.63, 3.8) is 0 Å². The molecule has 1 aromatic carbocycles. The fraction of sp³-hybridized carbons (Fsp3) is 0.593. The summed E-state index contributed by atoms with van der Waals surface area (Å²) in [5, 5.41) is 0. The van der Waals surface area contributed by atoms with Gasteiger partial charge in [0, 0.05) is 32.6 Å². The van der Waals surface area contributed by atoms with E-state index in [0.717, 1.165) is 18.8 Å². The lowest BCUT2D eigenvalue weighted by Gasteiger charge is -2.33. The molecule has 0 spiro atoms. The summed E-state index contributed by atoms with van der Waals surface area (Å²) in [5.74, 6) is 1.59. The number of aryl methyl sites for hydroxylation is 2. The predicted octanol–water partition coefficient (Wildman–Crippen LogP) is 3.30. The molecule has 0 atom stereocenters. The SMILES string of the molecule is CCCc1nc(C)c2c(=O)nc(-c3cc(S(=O)(=O)N4CCN(CC)CC4)ccc3OCC)n(C(C)(C)C)n12. The van der Waals surface area contributed by atoms with E-state index in [1.807, 2.05) is 43.8 Å². The van der Waals surface area contributed by atoms with E-state index < -0.39 is 21.1 Å². The van der Waals surface area contributed by atoms with Crippen LogP contribution in [0, 0.1) is 6.92 Å². The van der Waals surface area contributed by atoms with Crippen molar-refractivity contribution in [1.29, 1.82) is 0 Å². The number of sulfonamides is 1. The molecule has 0 saturated carbocycles. The van der Waals surface area contributed by atoms with E-state index in [1.165, 1.54) is 4.31 Å². The Bertz CT molecular complexity index is 1480. The Morgan fingerprint density at radius 2 is 1.71 bits per heavy atom. The van der Waals surface area contributed by atoms with Gasteiger partial charge in [-0.2, -0.15) is 9.29 Å². The molecule has 38 heavy (non-hydrogen) atoms. The normalized spacial score (nSPS) is 15.9. The highest BCUT2D eigenvalue weighted by Crippen LogP contribution is 2.35. The van der Waals surface area contributed by atoms with E-state index in [-0.39, 0.29) is 4.90 Å². The molecule has 0 unspecified atom stereocenters. The molecule has 4 rings (SSSR count). The number of fused-ring (bicyclic) bond motifs is 1. The first-order valence-corrected chi connectivity index (χ1v) is 14.9. The van der Waals surface area contributed by atoms with E-state index in [0.29, 0.717) is 67.6 Å². The minimum Gasteiger partial charge on any atom is -0.493 e. The second kappa shape index (κ2) is 10.8. The van der Waals surface area contributed by atoms with Gasteiger partial charge in [0.2, 0.25) is 10.0 Å². The highest BCUT2D eigenvalue weighted by molar-refractivity contribution is 7.89. The maximum absolute atomic E-state index is 13.7. The Hall–Kier alpha value is -2.76. The molecule has 1 aliphatic rings. The van der Waals surface area contributed by atoms with Crippen molar-refractivity contribution in [2.24, 2.45) is 0 Å². The molecule has 208 valence electrons. The molecule has 1 saturated heterocycles. The standard InChI is InChI=1S/C27H40N6O4S/c1-8-11-23-28-19(4)24-26(34)29-25(33(32(23)24)27(5,6)7)21-18-20(12-13-22(21)37-10-3)38(35,36)31-16-14-30(9-2)15-17-31/h12-13,18H,8-11,14-17H2,1-7H3. The van der Waals surface area contributed by atoms with E-state index in [2.05, 4.69) is 23.7 Å². The number of hydrogen-bond donors (Lipinski definition) is 0. The van der Waals surface area contributed by atoms with Gasteiger partial charge in [0.1, 0.15) is 11.6 Å². The van der Waals surface area contributed by atoms with Gasteiger partial charge in [0.05, 0.1) is 28.3 Å². The lowest BCUT2D eigenvalue weighted by Crippen LogP contribution is -2.48. The fourth-order valence-electron chi connectivity index (χ4n) is 5.07. The quantitative estimate of drug-likeness (QED) is 0.429. The topological polar surface area (TPSA) is 102 Å². The summed E-state index contributed by atoms with van der Waals surface area (Å²) in [6, 6.07) is 4.85. The number of hydrogen-bond acceptors (Lipinski definition) is 7. The van der Waals surface area contributed by atoms with Gasteiger partial charge >= 0.3 is 0 Å². The summed E-state index contributed by atoms with van der Waals surface area (Å²) in [4.78, 5) is 25.0. The number of benzene rings is 1. The third-order valence-corrected chi connectivity index (χ3v) is 8.82. The number of piperazine rings is 1. The fourth-order valence-corrected chi connectivity index (χ4v) is 6.52. The van der Waals surface area contributed by atoms with Gasteiger partial charge in [0.25, 0.3) is 5.56 Å². The molecule has 0 aliphatic carbocycles. The highest BCUT2D eigenvalue weighted by Gasteiger charge is 2.31. The molecule has 1 fully saturated rings. The molecule has 11 heteroatoms. The van der Waals surface area contributed by atoms with Gasteiger partial charge in [-0.15, -0.1) is 0 Å². The van der Waals surface area contributed by atoms with E-state index in [9.17, 15) is 13.2 Å². The van der Waals surface area contributed by atoms with Gasteiger partial charge in [-0.05, 0) is 65.8 Å². The van der Waals surface area contributed by atoms with Crippen LogP contribution in [0.5, 0.6) is 5.75 Å². The van der Waals surface area contributed by atoms with Crippen molar-refractivity contribution in [2.45, 2.75) is 71.7 Å². The first-order chi connectivity index (χ1) is 17.9. The van der Waals surface area contributed by atoms with Crippen molar-refractivity contribution in [2.75, 3.05) is 39.3 Å². The Kier molecular flexibility index (Phi) is 8.02. The number of aromatic nitrogens is 4. The first kappa shape index (κ1) is 28.3. The smallest absolute Gasteiger partial charge is 0.299 e. The Morgan fingerprint density at radius 3 is 2.29 bits per heavy atom. The monoisotopic (exact) mass is 544 g/mol. The number of ether oxygens (including phenoxy) is 1. The van der Waals surface area contributed by atoms with E-state index in [1.54, 1.807) is 18.2 Å². The second-order valence-electron chi connectivity index (χ2n) is 10.7. The van der Waals surface area contributed by atoms with Crippen LogP contribution in [0.1, 0.15) is 59.5 Å². The molecule has 10 nitrogen and oxygen atoms in total. The molecule has 0 bridgehead atoms. The highest BCUT2D eigenvalue weighted by atomic mass is 32.2. The molecule has 3 heterocycles. The zero-order valence-corrected chi connectivity index (χ0v) is 24.4. The maximum atomic E-state index is 13.7. The van der Waals surface area contributed by atoms with Gasteiger partial charge in [-0.3, -0.25) is 9.48 Å². The molecule has 0 N–H and O–H groups in total. The second-order valence-corrected chi connectivity index (χ2v) is 12.6. The first-order valence-electron chi connectivity index (χ1n) is 13.4. The molecule has 2 aromatic heterocycles. The minimum absolute atomic E-state index is 0.159. The van der Waals surface area contributed by atoms with Crippen LogP contribution >= 0.6 is 0 Å². The summed E-state index contributed by atoms with van der Waals surface area (Å²) in [5.41, 5.74) is 0.603. The number of rotatable bonds is 8. The summed E-state index contributed by atoms with van der Waals surface area (Å²) in [6.45, 7) is 17.5. The zero-order chi connectivity index (χ0) is 27.8. The van der Waals surface area contributed by atoms with Crippen molar-refractivity contribution < 1.29 is 13.2 Å². The van der Waals surface area contributed by atoms with Crippen LogP contribution in [0.3, 0.4) is 0 Å². The summed E-state index contributed by atoms with van der Waals surface area (Å²) in [6.07, 6.45) is 1.54. The third-order valence-electron chi connectivity index (χ3n) is 6.92. The van der Waals surface area contributed by atoms with Crippen molar-refractivity contribution in [1.82, 2.24) is 28.4 Å². The van der Waals surface area contributed by atoms with E-state index in [4.69, 9.17) is 9.72 Å². The molecular formula is C27H40N6O4S. The summed E-state index contributed by atoms with van der Waals surface area (Å²) < 4.78 is 38.7. The van der Waals surface area contributed by atoms with Crippen LogP contribution in [0.2, 0.25) is 0 Å². The van der Waals surface area contributed by atoms with Crippen LogP contribution in [0.4, 0.5) is 0 Å². The van der Waals surface area contributed by atoms with Crippen molar-refractivity contribution in [3.05, 3.63) is 40.1 Å². The number of imidazole rings is 1. The van der Waals surface area contributed by atoms with Crippen LogP contribution in [0.25, 0.3) is 16.9 Å². The molecule has 0 amide bonds. The Labute approximate surface area is 225 Å². The average Bonchev–Trinajstić information content (AvgIpc) is 3.19. The van der Waals surface area contributed by atoms with Gasteiger partial charge in [0.15, 0.2) is 11.3 Å². The lowest BCUT2D eigenvalue weighted by atomic mass is 10.1. The average molecular weight is 545 g/mol. The van der Waals surface area contributed by atoms with Crippen molar-refractivity contribution >= 4 is 15.5 Å². The number of nitrogens with zero attached hydrogens (tertiary/aromatic N) is 6. The maximum Gasteiger partial charge on any atom is 0.299 e. The molecule has 3 aromatic rings. The van der Waals surface area contributed by atoms with E-state index >= 15 is 0 Å². The van der Waals surface area contributed by atoms with Gasteiger partial charge in [-0.1, -0.05) is 13.8 Å². The minimum atomic E-state index is -3.75. The molecular weight excluding hydrogens is 504 g/mol. The largest absolute Gasteiger partial charge is 0.493 e. The molecule has 1 aliphatic heterocycles. The lowest BCUT2D eigenvalue weighted by molar-refractivity contribution is 0.196. The van der Waals surface area contributed by atoms with Crippen LogP contribution in [0.15, 0.2) is 27.9 Å². The Balaban J connectivity index is 1.98. The van der Waals surface area contributed by atoms with Crippen LogP contribution in [-0.2, 0) is 22.0 Å². The number of likely N-dealkylation sites (N-methyl/N-ethyl adjacent to an activating group) is 1.